The Balaban J connectivity index is 1.62. The maximum absolute atomic E-state index is 13.3. The minimum atomic E-state index is -1.12. The molecule has 0 aliphatic rings. The molecule has 1 N–H and O–H groups in total. The second-order valence-corrected chi connectivity index (χ2v) is 7.31. The molecule has 3 heterocycles. The topological polar surface area (TPSA) is 102 Å². The van der Waals surface area contributed by atoms with Crippen LogP contribution in [0.2, 0.25) is 0 Å². The predicted octanol–water partition coefficient (Wildman–Crippen LogP) is 3.11. The Bertz CT molecular complexity index is 1510. The Hall–Kier alpha value is -4.40. The first-order valence-electron chi connectivity index (χ1n) is 9.81. The molecule has 158 valence electrons. The summed E-state index contributed by atoms with van der Waals surface area (Å²) in [6.45, 7) is 0. The highest BCUT2D eigenvalue weighted by atomic mass is 19.1. The molecule has 5 rings (SSSR count). The molecule has 0 saturated carbocycles. The SMILES string of the molecule is O=C(O)[C@H](Cc1ccccc1)n1ccc2c(nnc3c(-c4ccc(F)cc4)cnn32)c1=O. The van der Waals surface area contributed by atoms with Gasteiger partial charge in [-0.15, -0.1) is 10.2 Å². The molecule has 0 spiro atoms. The molecule has 0 unspecified atom stereocenters. The van der Waals surface area contributed by atoms with Crippen molar-refractivity contribution >= 4 is 22.6 Å². The molecule has 0 amide bonds. The number of carboxylic acids is 1. The lowest BCUT2D eigenvalue weighted by atomic mass is 10.1. The van der Waals surface area contributed by atoms with E-state index in [1.807, 2.05) is 30.3 Å². The molecule has 0 saturated heterocycles. The Kier molecular flexibility index (Phi) is 4.70. The third-order valence-corrected chi connectivity index (χ3v) is 5.34. The summed E-state index contributed by atoms with van der Waals surface area (Å²) in [5, 5.41) is 22.3. The van der Waals surface area contributed by atoms with E-state index in [1.165, 1.54) is 22.8 Å². The number of hydrogen-bond acceptors (Lipinski definition) is 5. The van der Waals surface area contributed by atoms with Crippen LogP contribution in [0, 0.1) is 5.82 Å². The van der Waals surface area contributed by atoms with Crippen LogP contribution in [-0.4, -0.2) is 35.5 Å². The van der Waals surface area contributed by atoms with Crippen molar-refractivity contribution in [2.24, 2.45) is 0 Å². The average molecular weight is 429 g/mol. The van der Waals surface area contributed by atoms with E-state index in [9.17, 15) is 19.1 Å². The number of halogens is 1. The van der Waals surface area contributed by atoms with Gasteiger partial charge in [0.15, 0.2) is 11.2 Å². The minimum absolute atomic E-state index is 0.00747. The number of aromatic nitrogens is 5. The Morgan fingerprint density at radius 1 is 1.03 bits per heavy atom. The van der Waals surface area contributed by atoms with Crippen molar-refractivity contribution in [1.29, 1.82) is 0 Å². The normalized spacial score (nSPS) is 12.3. The molecule has 3 aromatic heterocycles. The summed E-state index contributed by atoms with van der Waals surface area (Å²) < 4.78 is 15.9. The number of rotatable bonds is 5. The summed E-state index contributed by atoms with van der Waals surface area (Å²) >= 11 is 0. The molecule has 0 aliphatic heterocycles. The van der Waals surface area contributed by atoms with Crippen LogP contribution in [0.15, 0.2) is 77.9 Å². The van der Waals surface area contributed by atoms with E-state index in [-0.39, 0.29) is 17.8 Å². The first-order valence-corrected chi connectivity index (χ1v) is 9.81. The molecule has 0 bridgehead atoms. The molecule has 0 aliphatic carbocycles. The zero-order valence-electron chi connectivity index (χ0n) is 16.6. The lowest BCUT2D eigenvalue weighted by Crippen LogP contribution is -2.31. The number of fused-ring (bicyclic) bond motifs is 3. The van der Waals surface area contributed by atoms with Crippen LogP contribution in [0.25, 0.3) is 27.8 Å². The number of benzene rings is 2. The van der Waals surface area contributed by atoms with Gasteiger partial charge >= 0.3 is 5.97 Å². The number of aliphatic carboxylic acids is 1. The first kappa shape index (κ1) is 19.6. The molecule has 0 radical (unpaired) electrons. The fraction of sp³-hybridized carbons (Fsp3) is 0.0870. The number of carboxylic acid groups (broad SMARTS) is 1. The van der Waals surface area contributed by atoms with Crippen LogP contribution >= 0.6 is 0 Å². The van der Waals surface area contributed by atoms with Crippen LogP contribution in [0.1, 0.15) is 11.6 Å². The largest absolute Gasteiger partial charge is 0.480 e. The smallest absolute Gasteiger partial charge is 0.327 e. The van der Waals surface area contributed by atoms with Gasteiger partial charge in [0.05, 0.1) is 6.20 Å². The molecule has 1 atom stereocenters. The molecule has 32 heavy (non-hydrogen) atoms. The molecular formula is C23H16FN5O3. The van der Waals surface area contributed by atoms with Gasteiger partial charge in [0.2, 0.25) is 0 Å². The van der Waals surface area contributed by atoms with Gasteiger partial charge in [0.25, 0.3) is 5.56 Å². The number of hydrogen-bond donors (Lipinski definition) is 1. The summed E-state index contributed by atoms with van der Waals surface area (Å²) in [6, 6.07) is 15.5. The average Bonchev–Trinajstić information content (AvgIpc) is 3.24. The lowest BCUT2D eigenvalue weighted by Gasteiger charge is -2.16. The summed E-state index contributed by atoms with van der Waals surface area (Å²) in [5.41, 5.74) is 2.37. The van der Waals surface area contributed by atoms with E-state index < -0.39 is 17.6 Å². The summed E-state index contributed by atoms with van der Waals surface area (Å²) in [7, 11) is 0. The van der Waals surface area contributed by atoms with Crippen LogP contribution in [0.5, 0.6) is 0 Å². The number of pyridine rings is 1. The molecule has 5 aromatic rings. The summed E-state index contributed by atoms with van der Waals surface area (Å²) in [5.74, 6) is -1.48. The van der Waals surface area contributed by atoms with Gasteiger partial charge in [-0.2, -0.15) is 5.10 Å². The van der Waals surface area contributed by atoms with Crippen molar-refractivity contribution in [3.8, 4) is 11.1 Å². The molecule has 2 aromatic carbocycles. The van der Waals surface area contributed by atoms with Crippen molar-refractivity contribution in [2.45, 2.75) is 12.5 Å². The van der Waals surface area contributed by atoms with E-state index in [2.05, 4.69) is 15.3 Å². The second-order valence-electron chi connectivity index (χ2n) is 7.31. The van der Waals surface area contributed by atoms with Crippen molar-refractivity contribution in [3.63, 3.8) is 0 Å². The van der Waals surface area contributed by atoms with Crippen LogP contribution in [0.4, 0.5) is 4.39 Å². The fourth-order valence-electron chi connectivity index (χ4n) is 3.73. The van der Waals surface area contributed by atoms with E-state index in [1.54, 1.807) is 24.4 Å². The van der Waals surface area contributed by atoms with Crippen molar-refractivity contribution in [3.05, 3.63) is 94.8 Å². The number of nitrogens with zero attached hydrogens (tertiary/aromatic N) is 5. The van der Waals surface area contributed by atoms with Crippen LogP contribution < -0.4 is 5.56 Å². The first-order chi connectivity index (χ1) is 15.5. The van der Waals surface area contributed by atoms with Gasteiger partial charge in [-0.05, 0) is 29.3 Å². The Labute approximate surface area is 180 Å². The van der Waals surface area contributed by atoms with Gasteiger partial charge in [0.1, 0.15) is 17.4 Å². The monoisotopic (exact) mass is 429 g/mol. The molecule has 9 heteroatoms. The Morgan fingerprint density at radius 2 is 1.78 bits per heavy atom. The van der Waals surface area contributed by atoms with E-state index >= 15 is 0 Å². The van der Waals surface area contributed by atoms with Gasteiger partial charge in [-0.1, -0.05) is 42.5 Å². The van der Waals surface area contributed by atoms with Gasteiger partial charge in [0, 0.05) is 18.2 Å². The van der Waals surface area contributed by atoms with E-state index in [4.69, 9.17) is 0 Å². The van der Waals surface area contributed by atoms with E-state index in [0.29, 0.717) is 22.3 Å². The third-order valence-electron chi connectivity index (χ3n) is 5.34. The van der Waals surface area contributed by atoms with Gasteiger partial charge in [-0.25, -0.2) is 13.7 Å². The minimum Gasteiger partial charge on any atom is -0.480 e. The standard InChI is InChI=1S/C23H16FN5O3/c24-16-8-6-15(7-9-16)17-13-25-29-18-10-11-28(22(30)20(18)26-27-21(17)29)19(23(31)32)12-14-4-2-1-3-5-14/h1-11,13,19H,12H2,(H,31,32)/t19-/m0/s1. The Morgan fingerprint density at radius 3 is 2.50 bits per heavy atom. The number of carbonyl (C=O) groups is 1. The fourth-order valence-corrected chi connectivity index (χ4v) is 3.73. The second kappa shape index (κ2) is 7.69. The third kappa shape index (κ3) is 3.29. The molecular weight excluding hydrogens is 413 g/mol. The quantitative estimate of drug-likeness (QED) is 0.461. The zero-order valence-corrected chi connectivity index (χ0v) is 16.6. The summed E-state index contributed by atoms with van der Waals surface area (Å²) in [6.07, 6.45) is 3.15. The summed E-state index contributed by atoms with van der Waals surface area (Å²) in [4.78, 5) is 25.1. The maximum Gasteiger partial charge on any atom is 0.327 e. The van der Waals surface area contributed by atoms with Crippen LogP contribution in [-0.2, 0) is 11.2 Å². The predicted molar refractivity (Wildman–Crippen MR) is 115 cm³/mol. The maximum atomic E-state index is 13.3. The molecule has 0 fully saturated rings. The zero-order chi connectivity index (χ0) is 22.2. The highest BCUT2D eigenvalue weighted by molar-refractivity contribution is 5.83. The molecule has 8 nitrogen and oxygen atoms in total. The highest BCUT2D eigenvalue weighted by Crippen LogP contribution is 2.25. The van der Waals surface area contributed by atoms with Crippen molar-refractivity contribution < 1.29 is 14.3 Å². The van der Waals surface area contributed by atoms with Crippen LogP contribution in [0.3, 0.4) is 0 Å². The highest BCUT2D eigenvalue weighted by Gasteiger charge is 2.23. The van der Waals surface area contributed by atoms with Gasteiger partial charge in [-0.3, -0.25) is 9.36 Å². The lowest BCUT2D eigenvalue weighted by molar-refractivity contribution is -0.141. The van der Waals surface area contributed by atoms with E-state index in [0.717, 1.165) is 10.1 Å². The van der Waals surface area contributed by atoms with Gasteiger partial charge < -0.3 is 5.11 Å². The van der Waals surface area contributed by atoms with Crippen molar-refractivity contribution in [2.75, 3.05) is 0 Å². The van der Waals surface area contributed by atoms with Crippen molar-refractivity contribution in [1.82, 2.24) is 24.4 Å².